The molecule has 21 heavy (non-hydrogen) atoms. The summed E-state index contributed by atoms with van der Waals surface area (Å²) in [7, 11) is 4.13. The number of benzene rings is 1. The Hall–Kier alpha value is -0.810. The molecule has 0 saturated heterocycles. The van der Waals surface area contributed by atoms with Crippen molar-refractivity contribution in [3.8, 4) is 5.75 Å². The Labute approximate surface area is 133 Å². The van der Waals surface area contributed by atoms with Crippen LogP contribution in [0.4, 0.5) is 0 Å². The van der Waals surface area contributed by atoms with Crippen LogP contribution in [0.3, 0.4) is 0 Å². The lowest BCUT2D eigenvalue weighted by molar-refractivity contribution is 0.102. The van der Waals surface area contributed by atoms with Crippen LogP contribution in [0, 0.1) is 5.41 Å². The number of aliphatic hydroxyl groups excluding tert-OH is 1. The highest BCUT2D eigenvalue weighted by atomic mass is 35.5. The monoisotopic (exact) mass is 314 g/mol. The second-order valence-electron chi connectivity index (χ2n) is 6.45. The second kappa shape index (κ2) is 8.59. The maximum Gasteiger partial charge on any atom is 0.119 e. The van der Waals surface area contributed by atoms with E-state index in [4.69, 9.17) is 16.3 Å². The van der Waals surface area contributed by atoms with E-state index in [0.717, 1.165) is 13.1 Å². The van der Waals surface area contributed by atoms with Crippen molar-refractivity contribution in [2.45, 2.75) is 20.0 Å². The van der Waals surface area contributed by atoms with Crippen LogP contribution in [-0.4, -0.2) is 56.4 Å². The van der Waals surface area contributed by atoms with E-state index in [1.165, 1.54) is 0 Å². The van der Waals surface area contributed by atoms with Crippen LogP contribution in [0.5, 0.6) is 5.75 Å². The van der Waals surface area contributed by atoms with Gasteiger partial charge in [-0.05, 0) is 43.8 Å². The molecule has 1 rings (SSSR count). The van der Waals surface area contributed by atoms with Gasteiger partial charge in [0.05, 0.1) is 0 Å². The van der Waals surface area contributed by atoms with Crippen molar-refractivity contribution in [3.63, 3.8) is 0 Å². The number of nitrogens with zero attached hydrogens (tertiary/aromatic N) is 1. The molecule has 0 amide bonds. The van der Waals surface area contributed by atoms with E-state index in [1.807, 2.05) is 0 Å². The van der Waals surface area contributed by atoms with Crippen LogP contribution in [0.15, 0.2) is 24.3 Å². The van der Waals surface area contributed by atoms with E-state index in [9.17, 15) is 5.11 Å². The van der Waals surface area contributed by atoms with E-state index in [0.29, 0.717) is 17.3 Å². The van der Waals surface area contributed by atoms with Gasteiger partial charge in [0.25, 0.3) is 0 Å². The summed E-state index contributed by atoms with van der Waals surface area (Å²) in [6.45, 7) is 7.04. The third-order valence-corrected chi connectivity index (χ3v) is 3.24. The smallest absolute Gasteiger partial charge is 0.119 e. The Morgan fingerprint density at radius 1 is 1.29 bits per heavy atom. The summed E-state index contributed by atoms with van der Waals surface area (Å²) in [5.41, 5.74) is 0.167. The highest BCUT2D eigenvalue weighted by molar-refractivity contribution is 6.30. The predicted molar refractivity (Wildman–Crippen MR) is 88.2 cm³/mol. The first-order chi connectivity index (χ1) is 9.78. The standard InChI is InChI=1S/C16H27ClN2O2/c1-16(2,12-19(3)4)11-18-9-14(20)10-21-15-7-5-13(17)6-8-15/h5-8,14,18,20H,9-12H2,1-4H3. The maximum absolute atomic E-state index is 9.92. The van der Waals surface area contributed by atoms with Crippen molar-refractivity contribution in [1.29, 1.82) is 0 Å². The van der Waals surface area contributed by atoms with Crippen molar-refractivity contribution >= 4 is 11.6 Å². The van der Waals surface area contributed by atoms with Gasteiger partial charge in [-0.15, -0.1) is 0 Å². The molecule has 2 N–H and O–H groups in total. The molecule has 0 radical (unpaired) electrons. The average Bonchev–Trinajstić information content (AvgIpc) is 2.36. The van der Waals surface area contributed by atoms with Crippen molar-refractivity contribution in [2.24, 2.45) is 5.41 Å². The van der Waals surface area contributed by atoms with Crippen LogP contribution < -0.4 is 10.1 Å². The number of aliphatic hydroxyl groups is 1. The molecule has 0 heterocycles. The Morgan fingerprint density at radius 3 is 2.48 bits per heavy atom. The molecule has 0 fully saturated rings. The molecule has 0 aliphatic carbocycles. The van der Waals surface area contributed by atoms with Gasteiger partial charge in [-0.25, -0.2) is 0 Å². The van der Waals surface area contributed by atoms with Gasteiger partial charge in [-0.3, -0.25) is 0 Å². The zero-order valence-corrected chi connectivity index (χ0v) is 14.2. The first-order valence-corrected chi connectivity index (χ1v) is 7.58. The molecular weight excluding hydrogens is 288 g/mol. The lowest BCUT2D eigenvalue weighted by atomic mass is 9.93. The predicted octanol–water partition coefficient (Wildman–Crippen LogP) is 2.26. The van der Waals surface area contributed by atoms with Gasteiger partial charge in [0.2, 0.25) is 0 Å². The van der Waals surface area contributed by atoms with Crippen LogP contribution >= 0.6 is 11.6 Å². The second-order valence-corrected chi connectivity index (χ2v) is 6.89. The molecule has 0 aliphatic heterocycles. The highest BCUT2D eigenvalue weighted by Gasteiger charge is 2.18. The average molecular weight is 315 g/mol. The molecule has 0 aliphatic rings. The van der Waals surface area contributed by atoms with Crippen LogP contribution in [-0.2, 0) is 0 Å². The van der Waals surface area contributed by atoms with Crippen LogP contribution in [0.25, 0.3) is 0 Å². The van der Waals surface area contributed by atoms with E-state index >= 15 is 0 Å². The van der Waals surface area contributed by atoms with Gasteiger partial charge in [-0.1, -0.05) is 25.4 Å². The fraction of sp³-hybridized carbons (Fsp3) is 0.625. The topological polar surface area (TPSA) is 44.7 Å². The molecule has 1 aromatic rings. The summed E-state index contributed by atoms with van der Waals surface area (Å²) in [6.07, 6.45) is -0.532. The van der Waals surface area contributed by atoms with Gasteiger partial charge in [0, 0.05) is 24.7 Å². The molecule has 0 aromatic heterocycles. The van der Waals surface area contributed by atoms with Gasteiger partial charge in [0.1, 0.15) is 18.5 Å². The zero-order chi connectivity index (χ0) is 15.9. The first kappa shape index (κ1) is 18.2. The number of halogens is 1. The Bertz CT molecular complexity index is 407. The normalized spacial score (nSPS) is 13.5. The van der Waals surface area contributed by atoms with E-state index < -0.39 is 6.10 Å². The molecule has 120 valence electrons. The van der Waals surface area contributed by atoms with Gasteiger partial charge >= 0.3 is 0 Å². The van der Waals surface area contributed by atoms with E-state index in [-0.39, 0.29) is 12.0 Å². The fourth-order valence-corrected chi connectivity index (χ4v) is 2.40. The quantitative estimate of drug-likeness (QED) is 0.734. The van der Waals surface area contributed by atoms with Crippen molar-refractivity contribution in [3.05, 3.63) is 29.3 Å². The number of ether oxygens (including phenoxy) is 1. The minimum Gasteiger partial charge on any atom is -0.491 e. The Balaban J connectivity index is 2.22. The molecule has 1 atom stereocenters. The lowest BCUT2D eigenvalue weighted by Crippen LogP contribution is -2.41. The van der Waals surface area contributed by atoms with Crippen molar-refractivity contribution in [2.75, 3.05) is 40.3 Å². The number of nitrogens with one attached hydrogen (secondary N) is 1. The molecule has 0 bridgehead atoms. The third-order valence-electron chi connectivity index (χ3n) is 2.98. The molecule has 1 aromatic carbocycles. The van der Waals surface area contributed by atoms with Gasteiger partial charge < -0.3 is 20.1 Å². The Morgan fingerprint density at radius 2 is 1.90 bits per heavy atom. The van der Waals surface area contributed by atoms with Crippen molar-refractivity contribution < 1.29 is 9.84 Å². The summed E-state index contributed by atoms with van der Waals surface area (Å²) >= 11 is 5.80. The minimum atomic E-state index is -0.532. The van der Waals surface area contributed by atoms with Crippen molar-refractivity contribution in [1.82, 2.24) is 10.2 Å². The summed E-state index contributed by atoms with van der Waals surface area (Å²) < 4.78 is 5.51. The van der Waals surface area contributed by atoms with E-state index in [2.05, 4.69) is 38.2 Å². The van der Waals surface area contributed by atoms with Gasteiger partial charge in [0.15, 0.2) is 0 Å². The number of hydrogen-bond acceptors (Lipinski definition) is 4. The SMILES string of the molecule is CN(C)CC(C)(C)CNCC(O)COc1ccc(Cl)cc1. The fourth-order valence-electron chi connectivity index (χ4n) is 2.27. The molecular formula is C16H27ClN2O2. The zero-order valence-electron chi connectivity index (χ0n) is 13.4. The first-order valence-electron chi connectivity index (χ1n) is 7.20. The Kier molecular flexibility index (Phi) is 7.46. The number of rotatable bonds is 9. The van der Waals surface area contributed by atoms with E-state index in [1.54, 1.807) is 24.3 Å². The summed E-state index contributed by atoms with van der Waals surface area (Å²) in [5.74, 6) is 0.714. The third kappa shape index (κ3) is 8.27. The lowest BCUT2D eigenvalue weighted by Gasteiger charge is -2.29. The molecule has 5 heteroatoms. The maximum atomic E-state index is 9.92. The molecule has 0 saturated carbocycles. The largest absolute Gasteiger partial charge is 0.491 e. The molecule has 1 unspecified atom stereocenters. The minimum absolute atomic E-state index is 0.167. The molecule has 4 nitrogen and oxygen atoms in total. The summed E-state index contributed by atoms with van der Waals surface area (Å²) in [5, 5.41) is 13.9. The van der Waals surface area contributed by atoms with Crippen LogP contribution in [0.2, 0.25) is 5.02 Å². The summed E-state index contributed by atoms with van der Waals surface area (Å²) in [4.78, 5) is 2.17. The highest BCUT2D eigenvalue weighted by Crippen LogP contribution is 2.16. The summed E-state index contributed by atoms with van der Waals surface area (Å²) in [6, 6.07) is 7.13. The van der Waals surface area contributed by atoms with Crippen LogP contribution in [0.1, 0.15) is 13.8 Å². The number of hydrogen-bond donors (Lipinski definition) is 2. The van der Waals surface area contributed by atoms with Gasteiger partial charge in [-0.2, -0.15) is 0 Å². The molecule has 0 spiro atoms.